The molecule has 2 rings (SSSR count). The van der Waals surface area contributed by atoms with Gasteiger partial charge in [-0.25, -0.2) is 9.97 Å². The van der Waals surface area contributed by atoms with Crippen LogP contribution in [0.25, 0.3) is 0 Å². The molecule has 4 heteroatoms. The molecule has 3 nitrogen and oxygen atoms in total. The van der Waals surface area contributed by atoms with Crippen molar-refractivity contribution in [2.24, 2.45) is 0 Å². The van der Waals surface area contributed by atoms with Gasteiger partial charge in [0.05, 0.1) is 0 Å². The highest BCUT2D eigenvalue weighted by Gasteiger charge is 2.17. The van der Waals surface area contributed by atoms with Crippen molar-refractivity contribution in [3.8, 4) is 6.01 Å². The second-order valence-corrected chi connectivity index (χ2v) is 4.23. The normalized spacial score (nSPS) is 21.8. The molecule has 0 bridgehead atoms. The van der Waals surface area contributed by atoms with Crippen molar-refractivity contribution in [3.05, 3.63) is 18.0 Å². The Labute approximate surface area is 81.9 Å². The zero-order chi connectivity index (χ0) is 9.10. The molecule has 1 atom stereocenters. The van der Waals surface area contributed by atoms with E-state index in [1.54, 1.807) is 6.20 Å². The molecule has 13 heavy (non-hydrogen) atoms. The number of hydrogen-bond acceptors (Lipinski definition) is 4. The molecule has 0 spiro atoms. The molecule has 0 aliphatic carbocycles. The van der Waals surface area contributed by atoms with E-state index >= 15 is 0 Å². The van der Waals surface area contributed by atoms with E-state index in [9.17, 15) is 0 Å². The smallest absolute Gasteiger partial charge is 0.316 e. The van der Waals surface area contributed by atoms with E-state index in [-0.39, 0.29) is 0 Å². The zero-order valence-corrected chi connectivity index (χ0v) is 8.38. The predicted molar refractivity (Wildman–Crippen MR) is 53.1 cm³/mol. The Kier molecular flexibility index (Phi) is 2.68. The Morgan fingerprint density at radius 2 is 2.54 bits per heavy atom. The molecule has 0 N–H and O–H groups in total. The maximum Gasteiger partial charge on any atom is 0.316 e. The first-order chi connectivity index (χ1) is 6.34. The molecule has 1 aromatic rings. The molecule has 1 aliphatic rings. The van der Waals surface area contributed by atoms with Gasteiger partial charge in [-0.1, -0.05) is 0 Å². The van der Waals surface area contributed by atoms with E-state index < -0.39 is 0 Å². The molecule has 1 fully saturated rings. The molecule has 0 saturated carbocycles. The van der Waals surface area contributed by atoms with E-state index in [1.807, 2.05) is 24.8 Å². The summed E-state index contributed by atoms with van der Waals surface area (Å²) >= 11 is 1.93. The lowest BCUT2D eigenvalue weighted by Crippen LogP contribution is -2.16. The number of aryl methyl sites for hydroxylation is 1. The second-order valence-electron chi connectivity index (χ2n) is 3.08. The third kappa shape index (κ3) is 2.34. The minimum atomic E-state index is 0.312. The highest BCUT2D eigenvalue weighted by molar-refractivity contribution is 7.99. The van der Waals surface area contributed by atoms with Crippen molar-refractivity contribution in [3.63, 3.8) is 0 Å². The lowest BCUT2D eigenvalue weighted by Gasteiger charge is -2.09. The Bertz CT molecular complexity index is 287. The predicted octanol–water partition coefficient (Wildman–Crippen LogP) is 1.67. The lowest BCUT2D eigenvalue weighted by atomic mass is 10.3. The first kappa shape index (κ1) is 8.81. The summed E-state index contributed by atoms with van der Waals surface area (Å²) in [6.07, 6.45) is 3.16. The van der Waals surface area contributed by atoms with Gasteiger partial charge < -0.3 is 4.74 Å². The van der Waals surface area contributed by atoms with Crippen LogP contribution in [0.15, 0.2) is 12.3 Å². The molecule has 0 amide bonds. The van der Waals surface area contributed by atoms with E-state index in [2.05, 4.69) is 9.97 Å². The van der Waals surface area contributed by atoms with Gasteiger partial charge in [0, 0.05) is 17.6 Å². The van der Waals surface area contributed by atoms with Crippen molar-refractivity contribution < 1.29 is 4.74 Å². The molecule has 0 radical (unpaired) electrons. The van der Waals surface area contributed by atoms with Crippen LogP contribution in [0.1, 0.15) is 12.1 Å². The quantitative estimate of drug-likeness (QED) is 0.720. The number of aromatic nitrogens is 2. The maximum absolute atomic E-state index is 5.61. The van der Waals surface area contributed by atoms with Crippen LogP contribution < -0.4 is 4.74 Å². The minimum Gasteiger partial charge on any atom is -0.459 e. The SMILES string of the molecule is Cc1ccnc(OC2CCSC2)n1. The number of hydrogen-bond donors (Lipinski definition) is 0. The standard InChI is InChI=1S/C9H12N2OS/c1-7-2-4-10-9(11-7)12-8-3-5-13-6-8/h2,4,8H,3,5-6H2,1H3. The number of ether oxygens (including phenoxy) is 1. The van der Waals surface area contributed by atoms with Crippen LogP contribution in [0.4, 0.5) is 0 Å². The van der Waals surface area contributed by atoms with Gasteiger partial charge in [-0.15, -0.1) is 0 Å². The van der Waals surface area contributed by atoms with Gasteiger partial charge in [0.15, 0.2) is 0 Å². The third-order valence-corrected chi connectivity index (χ3v) is 3.06. The average Bonchev–Trinajstić information content (AvgIpc) is 2.57. The molecular formula is C9H12N2OS. The number of nitrogens with zero attached hydrogens (tertiary/aromatic N) is 2. The summed E-state index contributed by atoms with van der Waals surface area (Å²) in [5.41, 5.74) is 0.954. The van der Waals surface area contributed by atoms with E-state index in [0.717, 1.165) is 17.9 Å². The summed E-state index contributed by atoms with van der Waals surface area (Å²) in [5, 5.41) is 0. The maximum atomic E-state index is 5.61. The fourth-order valence-electron chi connectivity index (χ4n) is 1.24. The van der Waals surface area contributed by atoms with Crippen LogP contribution in [0.3, 0.4) is 0 Å². The van der Waals surface area contributed by atoms with Gasteiger partial charge in [0.2, 0.25) is 0 Å². The molecule has 1 unspecified atom stereocenters. The summed E-state index contributed by atoms with van der Waals surface area (Å²) in [6.45, 7) is 1.94. The summed E-state index contributed by atoms with van der Waals surface area (Å²) in [6, 6.07) is 2.39. The molecule has 1 aromatic heterocycles. The Balaban J connectivity index is 2.00. The summed E-state index contributed by atoms with van der Waals surface area (Å²) in [7, 11) is 0. The largest absolute Gasteiger partial charge is 0.459 e. The van der Waals surface area contributed by atoms with Crippen LogP contribution in [0, 0.1) is 6.92 Å². The monoisotopic (exact) mass is 196 g/mol. The first-order valence-corrected chi connectivity index (χ1v) is 5.54. The highest BCUT2D eigenvalue weighted by atomic mass is 32.2. The van der Waals surface area contributed by atoms with Crippen molar-refractivity contribution >= 4 is 11.8 Å². The highest BCUT2D eigenvalue weighted by Crippen LogP contribution is 2.20. The molecule has 70 valence electrons. The Hall–Kier alpha value is -0.770. The van der Waals surface area contributed by atoms with Crippen LogP contribution >= 0.6 is 11.8 Å². The fourth-order valence-corrected chi connectivity index (χ4v) is 2.33. The summed E-state index contributed by atoms with van der Waals surface area (Å²) in [4.78, 5) is 8.25. The molecule has 1 aliphatic heterocycles. The topological polar surface area (TPSA) is 35.0 Å². The van der Waals surface area contributed by atoms with E-state index in [4.69, 9.17) is 4.74 Å². The van der Waals surface area contributed by atoms with Gasteiger partial charge in [-0.2, -0.15) is 11.8 Å². The van der Waals surface area contributed by atoms with Gasteiger partial charge in [0.1, 0.15) is 6.10 Å². The van der Waals surface area contributed by atoms with Crippen molar-refractivity contribution in [2.45, 2.75) is 19.4 Å². The van der Waals surface area contributed by atoms with Crippen molar-refractivity contribution in [2.75, 3.05) is 11.5 Å². The Morgan fingerprint density at radius 3 is 3.23 bits per heavy atom. The first-order valence-electron chi connectivity index (χ1n) is 4.38. The second kappa shape index (κ2) is 3.96. The van der Waals surface area contributed by atoms with Crippen LogP contribution in [0.2, 0.25) is 0 Å². The zero-order valence-electron chi connectivity index (χ0n) is 7.56. The van der Waals surface area contributed by atoms with Gasteiger partial charge in [0.25, 0.3) is 0 Å². The van der Waals surface area contributed by atoms with E-state index in [0.29, 0.717) is 12.1 Å². The van der Waals surface area contributed by atoms with Crippen LogP contribution in [-0.4, -0.2) is 27.6 Å². The molecule has 0 aromatic carbocycles. The van der Waals surface area contributed by atoms with E-state index in [1.165, 1.54) is 5.75 Å². The van der Waals surface area contributed by atoms with Crippen LogP contribution in [0.5, 0.6) is 6.01 Å². The van der Waals surface area contributed by atoms with Crippen molar-refractivity contribution in [1.82, 2.24) is 9.97 Å². The summed E-state index contributed by atoms with van der Waals surface area (Å²) in [5.74, 6) is 2.26. The van der Waals surface area contributed by atoms with Gasteiger partial charge >= 0.3 is 6.01 Å². The minimum absolute atomic E-state index is 0.312. The van der Waals surface area contributed by atoms with Gasteiger partial charge in [-0.05, 0) is 25.2 Å². The van der Waals surface area contributed by atoms with Gasteiger partial charge in [-0.3, -0.25) is 0 Å². The number of rotatable bonds is 2. The fraction of sp³-hybridized carbons (Fsp3) is 0.556. The van der Waals surface area contributed by atoms with Crippen LogP contribution in [-0.2, 0) is 0 Å². The lowest BCUT2D eigenvalue weighted by molar-refractivity contribution is 0.210. The summed E-state index contributed by atoms with van der Waals surface area (Å²) < 4.78 is 5.61. The molecule has 2 heterocycles. The molecule has 1 saturated heterocycles. The third-order valence-electron chi connectivity index (χ3n) is 1.93. The Morgan fingerprint density at radius 1 is 1.62 bits per heavy atom. The molecular weight excluding hydrogens is 184 g/mol. The number of thioether (sulfide) groups is 1. The van der Waals surface area contributed by atoms with Crippen molar-refractivity contribution in [1.29, 1.82) is 0 Å². The average molecular weight is 196 g/mol.